The van der Waals surface area contributed by atoms with Crippen molar-refractivity contribution >= 4 is 17.4 Å². The monoisotopic (exact) mass is 290 g/mol. The molecule has 3 nitrogen and oxygen atoms in total. The molecule has 0 saturated heterocycles. The molecular weight excluding hydrogens is 268 g/mol. The summed E-state index contributed by atoms with van der Waals surface area (Å²) in [5.41, 5.74) is 1.70. The third-order valence-electron chi connectivity index (χ3n) is 3.27. The highest BCUT2D eigenvalue weighted by Gasteiger charge is 2.20. The van der Waals surface area contributed by atoms with E-state index in [1.54, 1.807) is 11.8 Å². The molecule has 1 aromatic rings. The van der Waals surface area contributed by atoms with Gasteiger partial charge in [-0.1, -0.05) is 13.0 Å². The van der Waals surface area contributed by atoms with Gasteiger partial charge in [0, 0.05) is 24.7 Å². The molecule has 1 saturated carbocycles. The summed E-state index contributed by atoms with van der Waals surface area (Å²) in [5, 5.41) is 12.7. The first kappa shape index (κ1) is 15.2. The van der Waals surface area contributed by atoms with Gasteiger partial charge in [0.25, 0.3) is 0 Å². The van der Waals surface area contributed by atoms with Crippen molar-refractivity contribution in [1.82, 2.24) is 0 Å². The van der Waals surface area contributed by atoms with Crippen LogP contribution in [0, 0.1) is 17.2 Å². The van der Waals surface area contributed by atoms with Gasteiger partial charge >= 0.3 is 0 Å². The summed E-state index contributed by atoms with van der Waals surface area (Å²) in [6.07, 6.45) is 3.65. The number of anilines is 1. The number of thioether (sulfide) groups is 1. The Morgan fingerprint density at radius 3 is 3.00 bits per heavy atom. The Morgan fingerprint density at radius 2 is 2.30 bits per heavy atom. The van der Waals surface area contributed by atoms with E-state index < -0.39 is 0 Å². The van der Waals surface area contributed by atoms with Crippen LogP contribution in [0.2, 0.25) is 0 Å². The molecule has 0 aliphatic heterocycles. The number of hydrogen-bond donors (Lipinski definition) is 1. The molecule has 1 aromatic carbocycles. The van der Waals surface area contributed by atoms with Gasteiger partial charge in [0.15, 0.2) is 0 Å². The third kappa shape index (κ3) is 4.73. The van der Waals surface area contributed by atoms with E-state index in [2.05, 4.69) is 18.3 Å². The van der Waals surface area contributed by atoms with Crippen LogP contribution in [-0.4, -0.2) is 25.5 Å². The van der Waals surface area contributed by atoms with Crippen LogP contribution in [0.5, 0.6) is 0 Å². The van der Waals surface area contributed by atoms with Gasteiger partial charge in [-0.25, -0.2) is 0 Å². The molecule has 20 heavy (non-hydrogen) atoms. The average molecular weight is 290 g/mol. The summed E-state index contributed by atoms with van der Waals surface area (Å²) in [5.74, 6) is 1.81. The Kier molecular flexibility index (Phi) is 6.23. The number of nitrogens with one attached hydrogen (secondary N) is 1. The van der Waals surface area contributed by atoms with Gasteiger partial charge in [-0.3, -0.25) is 0 Å². The smallest absolute Gasteiger partial charge is 0.102 e. The molecule has 0 atom stereocenters. The van der Waals surface area contributed by atoms with Crippen molar-refractivity contribution in [2.75, 3.05) is 30.8 Å². The predicted octanol–water partition coefficient (Wildman–Crippen LogP) is 3.90. The first-order valence-electron chi connectivity index (χ1n) is 7.32. The van der Waals surface area contributed by atoms with Crippen LogP contribution in [0.4, 0.5) is 5.69 Å². The largest absolute Gasteiger partial charge is 0.384 e. The Labute approximate surface area is 125 Å². The third-order valence-corrected chi connectivity index (χ3v) is 4.21. The standard InChI is InChI=1S/C16H22N2OS/c1-2-20-16-6-3-5-15(14(16)11-17)18-9-4-10-19-12-13-7-8-13/h3,5-6,13,18H,2,4,7-10,12H2,1H3. The SMILES string of the molecule is CCSc1cccc(NCCCOCC2CC2)c1C#N. The van der Waals surface area contributed by atoms with E-state index in [4.69, 9.17) is 4.74 Å². The van der Waals surface area contributed by atoms with Crippen molar-refractivity contribution in [3.8, 4) is 6.07 Å². The molecule has 0 aromatic heterocycles. The first-order chi connectivity index (χ1) is 9.85. The van der Waals surface area contributed by atoms with E-state index in [1.165, 1.54) is 12.8 Å². The van der Waals surface area contributed by atoms with Crippen molar-refractivity contribution in [3.05, 3.63) is 23.8 Å². The van der Waals surface area contributed by atoms with E-state index in [9.17, 15) is 5.26 Å². The zero-order valence-electron chi connectivity index (χ0n) is 12.0. The summed E-state index contributed by atoms with van der Waals surface area (Å²) in [4.78, 5) is 1.06. The molecular formula is C16H22N2OS. The highest BCUT2D eigenvalue weighted by atomic mass is 32.2. The molecule has 108 valence electrons. The summed E-state index contributed by atoms with van der Waals surface area (Å²) in [7, 11) is 0. The lowest BCUT2D eigenvalue weighted by Gasteiger charge is -2.11. The maximum absolute atomic E-state index is 9.31. The number of ether oxygens (including phenoxy) is 1. The molecule has 1 aliphatic carbocycles. The van der Waals surface area contributed by atoms with Gasteiger partial charge in [0.2, 0.25) is 0 Å². The number of nitriles is 1. The molecule has 0 spiro atoms. The molecule has 4 heteroatoms. The van der Waals surface area contributed by atoms with Gasteiger partial charge in [0.05, 0.1) is 11.3 Å². The first-order valence-corrected chi connectivity index (χ1v) is 8.31. The maximum Gasteiger partial charge on any atom is 0.102 e. The lowest BCUT2D eigenvalue weighted by Crippen LogP contribution is -2.08. The molecule has 2 rings (SSSR count). The molecule has 0 heterocycles. The van der Waals surface area contributed by atoms with Crippen molar-refractivity contribution in [1.29, 1.82) is 5.26 Å². The van der Waals surface area contributed by atoms with Crippen LogP contribution in [0.25, 0.3) is 0 Å². The van der Waals surface area contributed by atoms with Gasteiger partial charge in [-0.05, 0) is 43.1 Å². The number of benzene rings is 1. The van der Waals surface area contributed by atoms with Crippen LogP contribution >= 0.6 is 11.8 Å². The van der Waals surface area contributed by atoms with Gasteiger partial charge in [-0.2, -0.15) is 5.26 Å². The minimum absolute atomic E-state index is 0.762. The quantitative estimate of drug-likeness (QED) is 0.553. The van der Waals surface area contributed by atoms with Crippen LogP contribution in [0.1, 0.15) is 31.7 Å². The zero-order chi connectivity index (χ0) is 14.2. The summed E-state index contributed by atoms with van der Waals surface area (Å²) in [6, 6.07) is 8.30. The van der Waals surface area contributed by atoms with Gasteiger partial charge < -0.3 is 10.1 Å². The van der Waals surface area contributed by atoms with Crippen LogP contribution in [-0.2, 0) is 4.74 Å². The van der Waals surface area contributed by atoms with Crippen LogP contribution < -0.4 is 5.32 Å². The van der Waals surface area contributed by atoms with Crippen LogP contribution in [0.15, 0.2) is 23.1 Å². The lowest BCUT2D eigenvalue weighted by atomic mass is 10.2. The Hall–Kier alpha value is -1.18. The maximum atomic E-state index is 9.31. The molecule has 0 bridgehead atoms. The topological polar surface area (TPSA) is 45.0 Å². The molecule has 0 amide bonds. The summed E-state index contributed by atoms with van der Waals surface area (Å²) < 4.78 is 5.61. The summed E-state index contributed by atoms with van der Waals surface area (Å²) in [6.45, 7) is 4.67. The second kappa shape index (κ2) is 8.18. The molecule has 0 unspecified atom stereocenters. The van der Waals surface area contributed by atoms with Crippen molar-refractivity contribution in [3.63, 3.8) is 0 Å². The van der Waals surface area contributed by atoms with Crippen LogP contribution in [0.3, 0.4) is 0 Å². The Balaban J connectivity index is 1.76. The van der Waals surface area contributed by atoms with Crippen molar-refractivity contribution < 1.29 is 4.74 Å². The van der Waals surface area contributed by atoms with E-state index in [0.717, 1.165) is 54.0 Å². The second-order valence-electron chi connectivity index (χ2n) is 5.02. The molecule has 0 radical (unpaired) electrons. The minimum Gasteiger partial charge on any atom is -0.384 e. The van der Waals surface area contributed by atoms with E-state index >= 15 is 0 Å². The van der Waals surface area contributed by atoms with E-state index in [1.807, 2.05) is 18.2 Å². The molecule has 1 aliphatic rings. The highest BCUT2D eigenvalue weighted by Crippen LogP contribution is 2.29. The highest BCUT2D eigenvalue weighted by molar-refractivity contribution is 7.99. The average Bonchev–Trinajstić information content (AvgIpc) is 3.27. The fraction of sp³-hybridized carbons (Fsp3) is 0.562. The zero-order valence-corrected chi connectivity index (χ0v) is 12.8. The second-order valence-corrected chi connectivity index (χ2v) is 6.33. The van der Waals surface area contributed by atoms with Crippen molar-refractivity contribution in [2.24, 2.45) is 5.92 Å². The number of rotatable bonds is 9. The van der Waals surface area contributed by atoms with Gasteiger partial charge in [-0.15, -0.1) is 11.8 Å². The molecule has 1 N–H and O–H groups in total. The number of nitrogens with zero attached hydrogens (tertiary/aromatic N) is 1. The van der Waals surface area contributed by atoms with Crippen molar-refractivity contribution in [2.45, 2.75) is 31.1 Å². The summed E-state index contributed by atoms with van der Waals surface area (Å²) >= 11 is 1.71. The fourth-order valence-corrected chi connectivity index (χ4v) is 2.79. The van der Waals surface area contributed by atoms with Gasteiger partial charge in [0.1, 0.15) is 6.07 Å². The fourth-order valence-electron chi connectivity index (χ4n) is 2.00. The van der Waals surface area contributed by atoms with E-state index in [0.29, 0.717) is 0 Å². The van der Waals surface area contributed by atoms with E-state index in [-0.39, 0.29) is 0 Å². The lowest BCUT2D eigenvalue weighted by molar-refractivity contribution is 0.124. The Morgan fingerprint density at radius 1 is 1.45 bits per heavy atom. The normalized spacial score (nSPS) is 14.0. The minimum atomic E-state index is 0.762. The molecule has 1 fully saturated rings. The Bertz CT molecular complexity index is 466. The number of hydrogen-bond acceptors (Lipinski definition) is 4. The predicted molar refractivity (Wildman–Crippen MR) is 84.2 cm³/mol.